The van der Waals surface area contributed by atoms with Crippen LogP contribution in [0.3, 0.4) is 0 Å². The van der Waals surface area contributed by atoms with Gasteiger partial charge in [0.25, 0.3) is 0 Å². The molecule has 1 aliphatic heterocycles. The molecule has 0 atom stereocenters. The van der Waals surface area contributed by atoms with Gasteiger partial charge in [0.2, 0.25) is 0 Å². The Labute approximate surface area is 176 Å². The average Bonchev–Trinajstić information content (AvgIpc) is 3.11. The fourth-order valence-corrected chi connectivity index (χ4v) is 3.85. The summed E-state index contributed by atoms with van der Waals surface area (Å²) in [7, 11) is 0. The number of halogens is 2. The third-order valence-electron chi connectivity index (χ3n) is 5.51. The molecular weight excluding hydrogens is 402 g/mol. The second-order valence-electron chi connectivity index (χ2n) is 7.46. The van der Waals surface area contributed by atoms with Gasteiger partial charge in [-0.05, 0) is 30.3 Å². The van der Waals surface area contributed by atoms with Crippen LogP contribution in [0.1, 0.15) is 5.56 Å². The Hall–Kier alpha value is -3.75. The molecule has 2 aromatic carbocycles. The predicted molar refractivity (Wildman–Crippen MR) is 114 cm³/mol. The van der Waals surface area contributed by atoms with Crippen molar-refractivity contribution in [1.82, 2.24) is 19.2 Å². The Morgan fingerprint density at radius 1 is 0.903 bits per heavy atom. The Morgan fingerprint density at radius 2 is 1.65 bits per heavy atom. The normalized spacial score (nSPS) is 14.4. The van der Waals surface area contributed by atoms with Gasteiger partial charge in [-0.2, -0.15) is 0 Å². The fraction of sp³-hybridized carbons (Fsp3) is 0.227. The average molecular weight is 422 g/mol. The maximum absolute atomic E-state index is 14.0. The van der Waals surface area contributed by atoms with Crippen molar-refractivity contribution in [2.45, 2.75) is 6.54 Å². The summed E-state index contributed by atoms with van der Waals surface area (Å²) < 4.78 is 29.8. The molecule has 3 heterocycles. The minimum absolute atomic E-state index is 0.0655. The number of hydrogen-bond acceptors (Lipinski definition) is 5. The molecule has 9 heteroatoms. The first-order valence-corrected chi connectivity index (χ1v) is 10.0. The summed E-state index contributed by atoms with van der Waals surface area (Å²) in [4.78, 5) is 21.5. The van der Waals surface area contributed by atoms with Crippen LogP contribution in [0.2, 0.25) is 0 Å². The summed E-state index contributed by atoms with van der Waals surface area (Å²) in [5, 5.41) is 4.30. The smallest absolute Gasteiger partial charge is 0.351 e. The summed E-state index contributed by atoms with van der Waals surface area (Å²) >= 11 is 0. The van der Waals surface area contributed by atoms with Crippen LogP contribution in [0.15, 0.2) is 65.7 Å². The van der Waals surface area contributed by atoms with Crippen molar-refractivity contribution in [2.24, 2.45) is 0 Å². The SMILES string of the molecule is O=c1n(Cc2cc(F)ccc2F)nc2cc(N3CCN(c4ccccc4)CC3)ncn12. The van der Waals surface area contributed by atoms with Crippen LogP contribution in [-0.4, -0.2) is 45.3 Å². The van der Waals surface area contributed by atoms with Crippen molar-refractivity contribution < 1.29 is 8.78 Å². The highest BCUT2D eigenvalue weighted by Gasteiger charge is 2.19. The van der Waals surface area contributed by atoms with Gasteiger partial charge in [-0.15, -0.1) is 5.10 Å². The highest BCUT2D eigenvalue weighted by molar-refractivity contribution is 5.53. The monoisotopic (exact) mass is 422 g/mol. The molecular formula is C22H20F2N6O. The molecule has 7 nitrogen and oxygen atoms in total. The van der Waals surface area contributed by atoms with Crippen molar-refractivity contribution in [3.05, 3.63) is 88.6 Å². The van der Waals surface area contributed by atoms with E-state index in [2.05, 4.69) is 32.0 Å². The van der Waals surface area contributed by atoms with Crippen molar-refractivity contribution in [1.29, 1.82) is 0 Å². The van der Waals surface area contributed by atoms with Crippen molar-refractivity contribution in [3.8, 4) is 0 Å². The van der Waals surface area contributed by atoms with E-state index in [1.165, 1.54) is 16.4 Å². The summed E-state index contributed by atoms with van der Waals surface area (Å²) in [5.74, 6) is -0.415. The van der Waals surface area contributed by atoms with Gasteiger partial charge in [-0.25, -0.2) is 27.6 Å². The second kappa shape index (κ2) is 7.82. The molecule has 0 radical (unpaired) electrons. The van der Waals surface area contributed by atoms with Gasteiger partial charge < -0.3 is 9.80 Å². The molecule has 0 aliphatic carbocycles. The lowest BCUT2D eigenvalue weighted by Crippen LogP contribution is -2.46. The number of piperazine rings is 1. The van der Waals surface area contributed by atoms with E-state index < -0.39 is 17.3 Å². The number of para-hydroxylation sites is 1. The van der Waals surface area contributed by atoms with Crippen LogP contribution in [0.25, 0.3) is 5.65 Å². The van der Waals surface area contributed by atoms with E-state index in [4.69, 9.17) is 0 Å². The van der Waals surface area contributed by atoms with E-state index in [-0.39, 0.29) is 12.1 Å². The van der Waals surface area contributed by atoms with Crippen LogP contribution in [0, 0.1) is 11.6 Å². The van der Waals surface area contributed by atoms with Crippen LogP contribution in [0.4, 0.5) is 20.3 Å². The molecule has 1 fully saturated rings. The quantitative estimate of drug-likeness (QED) is 0.506. The molecule has 31 heavy (non-hydrogen) atoms. The molecule has 1 aliphatic rings. The number of hydrogen-bond donors (Lipinski definition) is 0. The number of rotatable bonds is 4. The minimum Gasteiger partial charge on any atom is -0.368 e. The van der Waals surface area contributed by atoms with Crippen molar-refractivity contribution in [2.75, 3.05) is 36.0 Å². The molecule has 2 aromatic heterocycles. The topological polar surface area (TPSA) is 58.7 Å². The lowest BCUT2D eigenvalue weighted by Gasteiger charge is -2.36. The van der Waals surface area contributed by atoms with E-state index in [1.807, 2.05) is 18.2 Å². The minimum atomic E-state index is -0.583. The highest BCUT2D eigenvalue weighted by Crippen LogP contribution is 2.19. The van der Waals surface area contributed by atoms with E-state index in [0.717, 1.165) is 54.9 Å². The number of nitrogens with zero attached hydrogens (tertiary/aromatic N) is 6. The Kier molecular flexibility index (Phi) is 4.85. The maximum Gasteiger partial charge on any atom is 0.351 e. The Bertz CT molecular complexity index is 1280. The lowest BCUT2D eigenvalue weighted by atomic mass is 10.2. The third kappa shape index (κ3) is 3.74. The van der Waals surface area contributed by atoms with Gasteiger partial charge in [-0.1, -0.05) is 18.2 Å². The van der Waals surface area contributed by atoms with E-state index in [9.17, 15) is 13.6 Å². The van der Waals surface area contributed by atoms with Crippen molar-refractivity contribution >= 4 is 17.2 Å². The largest absolute Gasteiger partial charge is 0.368 e. The van der Waals surface area contributed by atoms with Crippen LogP contribution < -0.4 is 15.5 Å². The molecule has 0 spiro atoms. The van der Waals surface area contributed by atoms with E-state index >= 15 is 0 Å². The van der Waals surface area contributed by atoms with Gasteiger partial charge >= 0.3 is 5.69 Å². The molecule has 158 valence electrons. The zero-order valence-corrected chi connectivity index (χ0v) is 16.7. The molecule has 0 saturated carbocycles. The molecule has 1 saturated heterocycles. The summed E-state index contributed by atoms with van der Waals surface area (Å²) in [6.07, 6.45) is 1.43. The summed E-state index contributed by atoms with van der Waals surface area (Å²) in [6.45, 7) is 3.14. The van der Waals surface area contributed by atoms with Crippen LogP contribution in [0.5, 0.6) is 0 Å². The van der Waals surface area contributed by atoms with Gasteiger partial charge in [0.05, 0.1) is 6.54 Å². The van der Waals surface area contributed by atoms with Gasteiger partial charge in [0.15, 0.2) is 5.65 Å². The van der Waals surface area contributed by atoms with Gasteiger partial charge in [-0.3, -0.25) is 0 Å². The van der Waals surface area contributed by atoms with Crippen molar-refractivity contribution in [3.63, 3.8) is 0 Å². The molecule has 0 amide bonds. The molecule has 0 N–H and O–H groups in total. The second-order valence-corrected chi connectivity index (χ2v) is 7.46. The molecule has 4 aromatic rings. The zero-order chi connectivity index (χ0) is 21.4. The number of benzene rings is 2. The predicted octanol–water partition coefficient (Wildman–Crippen LogP) is 2.54. The first kappa shape index (κ1) is 19.2. The van der Waals surface area contributed by atoms with E-state index in [0.29, 0.717) is 5.65 Å². The number of aromatic nitrogens is 4. The molecule has 5 rings (SSSR count). The first-order valence-electron chi connectivity index (χ1n) is 10.0. The number of fused-ring (bicyclic) bond motifs is 1. The highest BCUT2D eigenvalue weighted by atomic mass is 19.1. The van der Waals surface area contributed by atoms with E-state index in [1.54, 1.807) is 6.07 Å². The third-order valence-corrected chi connectivity index (χ3v) is 5.51. The Morgan fingerprint density at radius 3 is 2.42 bits per heavy atom. The van der Waals surface area contributed by atoms with Crippen LogP contribution in [-0.2, 0) is 6.54 Å². The molecule has 0 unspecified atom stereocenters. The zero-order valence-electron chi connectivity index (χ0n) is 16.7. The first-order chi connectivity index (χ1) is 15.1. The number of anilines is 2. The molecule has 0 bridgehead atoms. The summed E-state index contributed by atoms with van der Waals surface area (Å²) in [6, 6.07) is 15.2. The standard InChI is InChI=1S/C22H20F2N6O/c23-17-6-7-19(24)16(12-17)14-30-22(31)29-15-25-20(13-21(29)26-30)28-10-8-27(9-11-28)18-4-2-1-3-5-18/h1-7,12-13,15H,8-11,14H2. The fourth-order valence-electron chi connectivity index (χ4n) is 3.85. The van der Waals surface area contributed by atoms with Gasteiger partial charge in [0.1, 0.15) is 23.8 Å². The summed E-state index contributed by atoms with van der Waals surface area (Å²) in [5.41, 5.74) is 1.22. The maximum atomic E-state index is 14.0. The van der Waals surface area contributed by atoms with Crippen LogP contribution >= 0.6 is 0 Å². The lowest BCUT2D eigenvalue weighted by molar-refractivity contribution is 0.561. The Balaban J connectivity index is 1.36. The van der Waals surface area contributed by atoms with Gasteiger partial charge in [0, 0.05) is 43.5 Å².